The SMILES string of the molecule is CCOCc1cc(-c2noc([C@H](C)NC(=O)O)n2)ccn1. The summed E-state index contributed by atoms with van der Waals surface area (Å²) in [5, 5.41) is 14.8. The maximum atomic E-state index is 10.6. The third kappa shape index (κ3) is 3.99. The van der Waals surface area contributed by atoms with E-state index in [2.05, 4.69) is 20.4 Å². The molecule has 21 heavy (non-hydrogen) atoms. The van der Waals surface area contributed by atoms with E-state index in [1.54, 1.807) is 25.3 Å². The predicted octanol–water partition coefficient (Wildman–Crippen LogP) is 2.00. The lowest BCUT2D eigenvalue weighted by molar-refractivity contribution is 0.131. The molecule has 0 aliphatic carbocycles. The molecule has 0 aliphatic heterocycles. The van der Waals surface area contributed by atoms with Gasteiger partial charge in [0.1, 0.15) is 6.04 Å². The number of nitrogens with one attached hydrogen (secondary N) is 1. The Bertz CT molecular complexity index is 614. The summed E-state index contributed by atoms with van der Waals surface area (Å²) in [4.78, 5) is 18.9. The zero-order valence-electron chi connectivity index (χ0n) is 11.7. The fourth-order valence-corrected chi connectivity index (χ4v) is 1.68. The summed E-state index contributed by atoms with van der Waals surface area (Å²) in [5.74, 6) is 0.583. The standard InChI is InChI=1S/C13H16N4O4/c1-3-20-7-10-6-9(4-5-14-10)11-16-12(21-17-11)8(2)15-13(18)19/h4-6,8,15H,3,7H2,1-2H3,(H,18,19)/t8-/m0/s1. The van der Waals surface area contributed by atoms with Crippen molar-refractivity contribution in [3.8, 4) is 11.4 Å². The highest BCUT2D eigenvalue weighted by Gasteiger charge is 2.17. The number of ether oxygens (including phenoxy) is 1. The Balaban J connectivity index is 2.15. The second-order valence-electron chi connectivity index (χ2n) is 4.30. The van der Waals surface area contributed by atoms with E-state index in [-0.39, 0.29) is 5.89 Å². The number of carbonyl (C=O) groups is 1. The Hall–Kier alpha value is -2.48. The van der Waals surface area contributed by atoms with Gasteiger partial charge in [0.05, 0.1) is 12.3 Å². The summed E-state index contributed by atoms with van der Waals surface area (Å²) in [6, 6.07) is 2.98. The molecule has 0 aliphatic rings. The Morgan fingerprint density at radius 2 is 2.38 bits per heavy atom. The lowest BCUT2D eigenvalue weighted by Gasteiger charge is -2.04. The van der Waals surface area contributed by atoms with E-state index < -0.39 is 12.1 Å². The third-order valence-corrected chi connectivity index (χ3v) is 2.68. The van der Waals surface area contributed by atoms with Crippen molar-refractivity contribution in [2.45, 2.75) is 26.5 Å². The van der Waals surface area contributed by atoms with Crippen molar-refractivity contribution in [3.63, 3.8) is 0 Å². The number of aromatic nitrogens is 3. The molecule has 1 amide bonds. The number of hydrogen-bond donors (Lipinski definition) is 2. The minimum atomic E-state index is -1.15. The van der Waals surface area contributed by atoms with Crippen LogP contribution in [0, 0.1) is 0 Å². The van der Waals surface area contributed by atoms with Gasteiger partial charge in [-0.2, -0.15) is 4.98 Å². The maximum Gasteiger partial charge on any atom is 0.405 e. The van der Waals surface area contributed by atoms with Gasteiger partial charge in [0.15, 0.2) is 0 Å². The fraction of sp³-hybridized carbons (Fsp3) is 0.385. The molecule has 2 aromatic heterocycles. The molecule has 8 nitrogen and oxygen atoms in total. The molecule has 2 heterocycles. The lowest BCUT2D eigenvalue weighted by atomic mass is 10.2. The quantitative estimate of drug-likeness (QED) is 0.837. The fourth-order valence-electron chi connectivity index (χ4n) is 1.68. The molecule has 0 saturated heterocycles. The molecule has 112 valence electrons. The second kappa shape index (κ2) is 6.80. The summed E-state index contributed by atoms with van der Waals surface area (Å²) in [7, 11) is 0. The minimum absolute atomic E-state index is 0.204. The van der Waals surface area contributed by atoms with Crippen molar-refractivity contribution in [2.75, 3.05) is 6.61 Å². The summed E-state index contributed by atoms with van der Waals surface area (Å²) in [6.07, 6.45) is 0.490. The molecule has 8 heteroatoms. The average Bonchev–Trinajstić information content (AvgIpc) is 2.94. The molecule has 2 aromatic rings. The van der Waals surface area contributed by atoms with Gasteiger partial charge in [0, 0.05) is 18.4 Å². The lowest BCUT2D eigenvalue weighted by Crippen LogP contribution is -2.24. The number of pyridine rings is 1. The highest BCUT2D eigenvalue weighted by Crippen LogP contribution is 2.19. The van der Waals surface area contributed by atoms with Crippen LogP contribution in [-0.2, 0) is 11.3 Å². The summed E-state index contributed by atoms with van der Waals surface area (Å²) < 4.78 is 10.4. The molecule has 0 spiro atoms. The Morgan fingerprint density at radius 1 is 1.57 bits per heavy atom. The highest BCUT2D eigenvalue weighted by atomic mass is 16.5. The van der Waals surface area contributed by atoms with Crippen LogP contribution in [-0.4, -0.2) is 32.9 Å². The molecule has 0 saturated carbocycles. The minimum Gasteiger partial charge on any atom is -0.465 e. The van der Waals surface area contributed by atoms with E-state index in [1.807, 2.05) is 6.92 Å². The average molecular weight is 292 g/mol. The summed E-state index contributed by atoms with van der Waals surface area (Å²) >= 11 is 0. The monoisotopic (exact) mass is 292 g/mol. The first-order valence-corrected chi connectivity index (χ1v) is 6.46. The Kier molecular flexibility index (Phi) is 4.83. The van der Waals surface area contributed by atoms with Crippen LogP contribution in [0.15, 0.2) is 22.9 Å². The van der Waals surface area contributed by atoms with Gasteiger partial charge in [0.2, 0.25) is 11.7 Å². The van der Waals surface area contributed by atoms with Crippen molar-refractivity contribution in [3.05, 3.63) is 29.9 Å². The van der Waals surface area contributed by atoms with Crippen LogP contribution >= 0.6 is 0 Å². The zero-order valence-corrected chi connectivity index (χ0v) is 11.7. The van der Waals surface area contributed by atoms with E-state index >= 15 is 0 Å². The number of hydrogen-bond acceptors (Lipinski definition) is 6. The first kappa shape index (κ1) is 14.9. The highest BCUT2D eigenvalue weighted by molar-refractivity contribution is 5.65. The smallest absolute Gasteiger partial charge is 0.405 e. The number of carboxylic acid groups (broad SMARTS) is 1. The molecule has 0 aromatic carbocycles. The Morgan fingerprint density at radius 3 is 3.10 bits per heavy atom. The van der Waals surface area contributed by atoms with E-state index in [0.717, 1.165) is 11.3 Å². The van der Waals surface area contributed by atoms with Crippen LogP contribution < -0.4 is 5.32 Å². The number of rotatable bonds is 6. The first-order valence-electron chi connectivity index (χ1n) is 6.46. The predicted molar refractivity (Wildman–Crippen MR) is 72.4 cm³/mol. The van der Waals surface area contributed by atoms with Gasteiger partial charge in [-0.1, -0.05) is 5.16 Å². The van der Waals surface area contributed by atoms with Gasteiger partial charge in [-0.25, -0.2) is 4.79 Å². The van der Waals surface area contributed by atoms with Crippen molar-refractivity contribution in [2.24, 2.45) is 0 Å². The van der Waals surface area contributed by atoms with E-state index in [1.165, 1.54) is 0 Å². The zero-order chi connectivity index (χ0) is 15.2. The van der Waals surface area contributed by atoms with Crippen LogP contribution in [0.25, 0.3) is 11.4 Å². The molecular formula is C13H16N4O4. The third-order valence-electron chi connectivity index (χ3n) is 2.68. The van der Waals surface area contributed by atoms with Gasteiger partial charge in [-0.05, 0) is 26.0 Å². The van der Waals surface area contributed by atoms with Crippen LogP contribution in [0.3, 0.4) is 0 Å². The molecule has 2 N–H and O–H groups in total. The molecule has 0 fully saturated rings. The first-order chi connectivity index (χ1) is 10.1. The van der Waals surface area contributed by atoms with Gasteiger partial charge in [-0.15, -0.1) is 0 Å². The topological polar surface area (TPSA) is 110 Å². The number of amides is 1. The van der Waals surface area contributed by atoms with E-state index in [4.69, 9.17) is 14.4 Å². The summed E-state index contributed by atoms with van der Waals surface area (Å²) in [6.45, 7) is 4.55. The van der Waals surface area contributed by atoms with Crippen LogP contribution in [0.2, 0.25) is 0 Å². The number of nitrogens with zero attached hydrogens (tertiary/aromatic N) is 3. The molecule has 0 bridgehead atoms. The largest absolute Gasteiger partial charge is 0.465 e. The van der Waals surface area contributed by atoms with Crippen LogP contribution in [0.4, 0.5) is 4.79 Å². The van der Waals surface area contributed by atoms with Crippen molar-refractivity contribution in [1.29, 1.82) is 0 Å². The van der Waals surface area contributed by atoms with Crippen molar-refractivity contribution < 1.29 is 19.2 Å². The molecule has 0 unspecified atom stereocenters. The van der Waals surface area contributed by atoms with Crippen molar-refractivity contribution in [1.82, 2.24) is 20.4 Å². The van der Waals surface area contributed by atoms with Gasteiger partial charge in [-0.3, -0.25) is 4.98 Å². The second-order valence-corrected chi connectivity index (χ2v) is 4.30. The molecular weight excluding hydrogens is 276 g/mol. The van der Waals surface area contributed by atoms with Crippen LogP contribution in [0.5, 0.6) is 0 Å². The van der Waals surface area contributed by atoms with Gasteiger partial charge >= 0.3 is 6.09 Å². The molecule has 2 rings (SSSR count). The normalized spacial score (nSPS) is 12.1. The molecule has 1 atom stereocenters. The van der Waals surface area contributed by atoms with Crippen molar-refractivity contribution >= 4 is 6.09 Å². The molecule has 0 radical (unpaired) electrons. The van der Waals surface area contributed by atoms with E-state index in [9.17, 15) is 4.79 Å². The van der Waals surface area contributed by atoms with Gasteiger partial charge < -0.3 is 19.7 Å². The Labute approximate surface area is 121 Å². The van der Waals surface area contributed by atoms with E-state index in [0.29, 0.717) is 19.0 Å². The summed E-state index contributed by atoms with van der Waals surface area (Å²) in [5.41, 5.74) is 1.50. The van der Waals surface area contributed by atoms with Gasteiger partial charge in [0.25, 0.3) is 0 Å². The maximum absolute atomic E-state index is 10.6. The van der Waals surface area contributed by atoms with Crippen LogP contribution in [0.1, 0.15) is 31.5 Å².